The molecular formula is C20H28N2O4. The molecule has 1 aliphatic heterocycles. The molecule has 1 aromatic rings. The molecule has 2 fully saturated rings. The number of ether oxygens (including phenoxy) is 2. The van der Waals surface area contributed by atoms with Gasteiger partial charge in [0.05, 0.1) is 25.9 Å². The van der Waals surface area contributed by atoms with Gasteiger partial charge in [-0.05, 0) is 44.2 Å². The number of esters is 1. The maximum absolute atomic E-state index is 12.7. The van der Waals surface area contributed by atoms with Crippen LogP contribution in [0.1, 0.15) is 39.0 Å². The summed E-state index contributed by atoms with van der Waals surface area (Å²) in [5.74, 6) is 0.778. The highest BCUT2D eigenvalue weighted by Crippen LogP contribution is 2.40. The van der Waals surface area contributed by atoms with E-state index in [0.29, 0.717) is 30.0 Å². The molecular weight excluding hydrogens is 332 g/mol. The van der Waals surface area contributed by atoms with Gasteiger partial charge in [0.2, 0.25) is 5.91 Å². The predicted molar refractivity (Wildman–Crippen MR) is 99.1 cm³/mol. The molecule has 6 nitrogen and oxygen atoms in total. The minimum absolute atomic E-state index is 0.128. The number of likely N-dealkylation sites (tertiary alicyclic amines) is 1. The monoisotopic (exact) mass is 360 g/mol. The molecule has 1 aliphatic carbocycles. The van der Waals surface area contributed by atoms with Gasteiger partial charge in [0, 0.05) is 6.04 Å². The van der Waals surface area contributed by atoms with Gasteiger partial charge in [-0.25, -0.2) is 0 Å². The number of amides is 1. The lowest BCUT2D eigenvalue weighted by Gasteiger charge is -2.32. The largest absolute Gasteiger partial charge is 0.492 e. The number of methoxy groups -OCH3 is 1. The zero-order chi connectivity index (χ0) is 18.5. The van der Waals surface area contributed by atoms with Gasteiger partial charge in [-0.2, -0.15) is 0 Å². The van der Waals surface area contributed by atoms with Crippen LogP contribution in [0.5, 0.6) is 5.75 Å². The minimum atomic E-state index is -0.319. The number of anilines is 1. The number of carbonyl (C=O) groups excluding carboxylic acids is 2. The summed E-state index contributed by atoms with van der Waals surface area (Å²) in [7, 11) is 1.42. The molecule has 26 heavy (non-hydrogen) atoms. The quantitative estimate of drug-likeness (QED) is 0.790. The molecule has 1 saturated carbocycles. The lowest BCUT2D eigenvalue weighted by atomic mass is 9.85. The molecule has 6 heteroatoms. The first-order valence-electron chi connectivity index (χ1n) is 9.49. The predicted octanol–water partition coefficient (Wildman–Crippen LogP) is 2.83. The number of rotatable bonds is 6. The van der Waals surface area contributed by atoms with E-state index in [1.54, 1.807) is 0 Å². The third-order valence-electron chi connectivity index (χ3n) is 5.48. The summed E-state index contributed by atoms with van der Waals surface area (Å²) >= 11 is 0. The molecule has 1 heterocycles. The van der Waals surface area contributed by atoms with Gasteiger partial charge in [0.1, 0.15) is 11.8 Å². The number of carbonyl (C=O) groups is 2. The molecule has 0 aromatic heterocycles. The first kappa shape index (κ1) is 18.7. The lowest BCUT2D eigenvalue weighted by molar-refractivity contribution is -0.146. The Hall–Kier alpha value is -2.08. The minimum Gasteiger partial charge on any atom is -0.492 e. The number of hydrogen-bond donors (Lipinski definition) is 1. The highest BCUT2D eigenvalue weighted by Gasteiger charge is 2.46. The molecule has 0 bridgehead atoms. The molecule has 1 N–H and O–H groups in total. The van der Waals surface area contributed by atoms with E-state index in [1.807, 2.05) is 36.1 Å². The maximum atomic E-state index is 12.7. The van der Waals surface area contributed by atoms with Crippen LogP contribution in [0.4, 0.5) is 5.69 Å². The standard InChI is InChI=1S/C20H28N2O4/c1-3-26-18-11-7-5-9-15(18)21-19(23)13-22-16-10-6-4-8-14(16)12-17(22)20(24)25-2/h5,7,9,11,14,16-17H,3-4,6,8,10,12-13H2,1-2H3,(H,21,23)/t14-,16+,17+/m1/s1. The molecule has 3 atom stereocenters. The Morgan fingerprint density at radius 2 is 2.00 bits per heavy atom. The van der Waals surface area contributed by atoms with Crippen LogP contribution in [-0.4, -0.2) is 49.1 Å². The van der Waals surface area contributed by atoms with Crippen LogP contribution >= 0.6 is 0 Å². The average Bonchev–Trinajstić information content (AvgIpc) is 3.01. The Morgan fingerprint density at radius 3 is 2.77 bits per heavy atom. The van der Waals surface area contributed by atoms with E-state index < -0.39 is 0 Å². The summed E-state index contributed by atoms with van der Waals surface area (Å²) < 4.78 is 10.6. The van der Waals surface area contributed by atoms with Crippen molar-refractivity contribution in [2.45, 2.75) is 51.1 Å². The van der Waals surface area contributed by atoms with Crippen LogP contribution in [0.15, 0.2) is 24.3 Å². The molecule has 1 saturated heterocycles. The van der Waals surface area contributed by atoms with Gasteiger partial charge in [0.25, 0.3) is 0 Å². The van der Waals surface area contributed by atoms with E-state index in [4.69, 9.17) is 9.47 Å². The molecule has 3 rings (SSSR count). The first-order valence-corrected chi connectivity index (χ1v) is 9.49. The van der Waals surface area contributed by atoms with Crippen molar-refractivity contribution in [1.82, 2.24) is 4.90 Å². The zero-order valence-corrected chi connectivity index (χ0v) is 15.6. The second-order valence-corrected chi connectivity index (χ2v) is 7.04. The number of para-hydroxylation sites is 2. The maximum Gasteiger partial charge on any atom is 0.323 e. The van der Waals surface area contributed by atoms with E-state index in [-0.39, 0.29) is 24.5 Å². The molecule has 2 aliphatic rings. The molecule has 1 amide bonds. The highest BCUT2D eigenvalue weighted by molar-refractivity contribution is 5.94. The van der Waals surface area contributed by atoms with Gasteiger partial charge in [-0.1, -0.05) is 25.0 Å². The number of nitrogens with one attached hydrogen (secondary N) is 1. The van der Waals surface area contributed by atoms with Crippen molar-refractivity contribution in [3.8, 4) is 5.75 Å². The van der Waals surface area contributed by atoms with Gasteiger partial charge >= 0.3 is 5.97 Å². The van der Waals surface area contributed by atoms with E-state index in [1.165, 1.54) is 13.5 Å². The summed E-state index contributed by atoms with van der Waals surface area (Å²) in [5, 5.41) is 2.94. The summed E-state index contributed by atoms with van der Waals surface area (Å²) in [5.41, 5.74) is 0.661. The Bertz CT molecular complexity index is 648. The van der Waals surface area contributed by atoms with E-state index >= 15 is 0 Å². The van der Waals surface area contributed by atoms with E-state index in [9.17, 15) is 9.59 Å². The van der Waals surface area contributed by atoms with Crippen LogP contribution < -0.4 is 10.1 Å². The Morgan fingerprint density at radius 1 is 1.23 bits per heavy atom. The van der Waals surface area contributed by atoms with Crippen molar-refractivity contribution >= 4 is 17.6 Å². The third-order valence-corrected chi connectivity index (χ3v) is 5.48. The summed E-state index contributed by atoms with van der Waals surface area (Å²) in [4.78, 5) is 27.0. The van der Waals surface area contributed by atoms with Crippen molar-refractivity contribution in [2.24, 2.45) is 5.92 Å². The average molecular weight is 360 g/mol. The summed E-state index contributed by atoms with van der Waals surface area (Å²) in [6, 6.07) is 7.38. The van der Waals surface area contributed by atoms with Crippen molar-refractivity contribution in [3.63, 3.8) is 0 Å². The Balaban J connectivity index is 1.71. The smallest absolute Gasteiger partial charge is 0.323 e. The third kappa shape index (κ3) is 4.01. The van der Waals surface area contributed by atoms with Crippen LogP contribution in [0.3, 0.4) is 0 Å². The number of benzene rings is 1. The first-order chi connectivity index (χ1) is 12.6. The van der Waals surface area contributed by atoms with Gasteiger partial charge in [-0.3, -0.25) is 14.5 Å². The van der Waals surface area contributed by atoms with E-state index in [0.717, 1.165) is 25.7 Å². The molecule has 0 radical (unpaired) electrons. The van der Waals surface area contributed by atoms with Gasteiger partial charge in [-0.15, -0.1) is 0 Å². The SMILES string of the molecule is CCOc1ccccc1NC(=O)CN1[C@H](C(=O)OC)C[C@H]2CCCC[C@@H]21. The van der Waals surface area contributed by atoms with Crippen molar-refractivity contribution < 1.29 is 19.1 Å². The van der Waals surface area contributed by atoms with Crippen molar-refractivity contribution in [3.05, 3.63) is 24.3 Å². The topological polar surface area (TPSA) is 67.9 Å². The van der Waals surface area contributed by atoms with Crippen LogP contribution in [0, 0.1) is 5.92 Å². The van der Waals surface area contributed by atoms with Gasteiger partial charge in [0.15, 0.2) is 0 Å². The fraction of sp³-hybridized carbons (Fsp3) is 0.600. The lowest BCUT2D eigenvalue weighted by Crippen LogP contribution is -2.46. The zero-order valence-electron chi connectivity index (χ0n) is 15.6. The number of fused-ring (bicyclic) bond motifs is 1. The Kier molecular flexibility index (Phi) is 6.14. The fourth-order valence-electron chi connectivity index (χ4n) is 4.35. The number of hydrogen-bond acceptors (Lipinski definition) is 5. The molecule has 1 aromatic carbocycles. The Labute approximate surface area is 154 Å². The summed E-state index contributed by atoms with van der Waals surface area (Å²) in [6.45, 7) is 2.64. The molecule has 0 unspecified atom stereocenters. The van der Waals surface area contributed by atoms with Gasteiger partial charge < -0.3 is 14.8 Å². The normalized spacial score (nSPS) is 25.4. The molecule has 0 spiro atoms. The van der Waals surface area contributed by atoms with Crippen molar-refractivity contribution in [2.75, 3.05) is 25.6 Å². The fourth-order valence-corrected chi connectivity index (χ4v) is 4.35. The second-order valence-electron chi connectivity index (χ2n) is 7.04. The van der Waals surface area contributed by atoms with E-state index in [2.05, 4.69) is 5.32 Å². The highest BCUT2D eigenvalue weighted by atomic mass is 16.5. The second kappa shape index (κ2) is 8.54. The van der Waals surface area contributed by atoms with Crippen molar-refractivity contribution in [1.29, 1.82) is 0 Å². The van der Waals surface area contributed by atoms with Crippen LogP contribution in [0.2, 0.25) is 0 Å². The van der Waals surface area contributed by atoms with Crippen LogP contribution in [-0.2, 0) is 14.3 Å². The van der Waals surface area contributed by atoms with Crippen LogP contribution in [0.25, 0.3) is 0 Å². The number of nitrogens with zero attached hydrogens (tertiary/aromatic N) is 1. The summed E-state index contributed by atoms with van der Waals surface area (Å²) in [6.07, 6.45) is 5.32. The molecule has 142 valence electrons.